The maximum atomic E-state index is 4.28. The summed E-state index contributed by atoms with van der Waals surface area (Å²) < 4.78 is 0. The van der Waals surface area contributed by atoms with Crippen LogP contribution in [-0.2, 0) is 0 Å². The molecule has 1 aliphatic rings. The van der Waals surface area contributed by atoms with Gasteiger partial charge in [-0.25, -0.2) is 0 Å². The molecule has 1 unspecified atom stereocenters. The molecule has 0 radical (unpaired) electrons. The zero-order valence-corrected chi connectivity index (χ0v) is 6.13. The molecule has 0 amide bonds. The first kappa shape index (κ1) is 6.46. The minimum absolute atomic E-state index is 0.199. The fourth-order valence-corrected chi connectivity index (χ4v) is 0.781. The summed E-state index contributed by atoms with van der Waals surface area (Å²) >= 11 is 0. The molecule has 0 saturated carbocycles. The molecule has 0 fully saturated rings. The van der Waals surface area contributed by atoms with E-state index in [9.17, 15) is 0 Å². The molecule has 1 rings (SSSR count). The summed E-state index contributed by atoms with van der Waals surface area (Å²) in [4.78, 5) is 8.47. The van der Waals surface area contributed by atoms with Crippen LogP contribution >= 0.6 is 0 Å². The summed E-state index contributed by atoms with van der Waals surface area (Å²) in [6.07, 6.45) is 2.04. The summed E-state index contributed by atoms with van der Waals surface area (Å²) in [5, 5.41) is 0. The van der Waals surface area contributed by atoms with Crippen LogP contribution in [0.4, 0.5) is 0 Å². The SMILES string of the molecule is CC1=NC(C(C)C)N=C1. The van der Waals surface area contributed by atoms with Gasteiger partial charge in [0.05, 0.1) is 5.71 Å². The number of hydrogen-bond acceptors (Lipinski definition) is 2. The van der Waals surface area contributed by atoms with Crippen LogP contribution in [0.3, 0.4) is 0 Å². The molecule has 0 aromatic carbocycles. The van der Waals surface area contributed by atoms with Crippen LogP contribution in [0.1, 0.15) is 20.8 Å². The predicted molar refractivity (Wildman–Crippen MR) is 40.2 cm³/mol. The average Bonchev–Trinajstić information content (AvgIpc) is 2.14. The Bertz CT molecular complexity index is 156. The third kappa shape index (κ3) is 1.37. The van der Waals surface area contributed by atoms with Crippen LogP contribution in [0.5, 0.6) is 0 Å². The van der Waals surface area contributed by atoms with Crippen molar-refractivity contribution in [2.75, 3.05) is 0 Å². The van der Waals surface area contributed by atoms with Crippen LogP contribution in [0.2, 0.25) is 0 Å². The molecular formula is C7H12N2. The molecule has 0 bridgehead atoms. The Balaban J connectivity index is 2.59. The molecule has 0 aromatic heterocycles. The predicted octanol–water partition coefficient (Wildman–Crippen LogP) is 1.51. The van der Waals surface area contributed by atoms with E-state index in [1.54, 1.807) is 0 Å². The van der Waals surface area contributed by atoms with E-state index in [0.717, 1.165) is 5.71 Å². The van der Waals surface area contributed by atoms with Crippen molar-refractivity contribution in [2.24, 2.45) is 15.9 Å². The van der Waals surface area contributed by atoms with Gasteiger partial charge in [-0.1, -0.05) is 13.8 Å². The minimum atomic E-state index is 0.199. The normalized spacial score (nSPS) is 25.3. The van der Waals surface area contributed by atoms with Crippen molar-refractivity contribution in [3.8, 4) is 0 Å². The second kappa shape index (κ2) is 2.29. The third-order valence-electron chi connectivity index (χ3n) is 1.35. The standard InChI is InChI=1S/C7H12N2/c1-5(2)7-8-4-6(3)9-7/h4-5,7H,1-3H3. The Kier molecular flexibility index (Phi) is 1.65. The van der Waals surface area contributed by atoms with Gasteiger partial charge in [0.1, 0.15) is 6.17 Å². The Morgan fingerprint density at radius 2 is 2.22 bits per heavy atom. The van der Waals surface area contributed by atoms with E-state index in [2.05, 4.69) is 23.8 Å². The highest BCUT2D eigenvalue weighted by Gasteiger charge is 2.12. The number of rotatable bonds is 1. The molecule has 9 heavy (non-hydrogen) atoms. The van der Waals surface area contributed by atoms with Crippen LogP contribution in [-0.4, -0.2) is 18.1 Å². The molecule has 1 heterocycles. The average molecular weight is 124 g/mol. The molecule has 0 aromatic rings. The van der Waals surface area contributed by atoms with Crippen molar-refractivity contribution >= 4 is 11.9 Å². The number of aliphatic imine (C=N–C) groups is 2. The van der Waals surface area contributed by atoms with Crippen molar-refractivity contribution in [2.45, 2.75) is 26.9 Å². The second-order valence-corrected chi connectivity index (χ2v) is 2.71. The lowest BCUT2D eigenvalue weighted by molar-refractivity contribution is 0.522. The molecule has 50 valence electrons. The maximum Gasteiger partial charge on any atom is 0.142 e. The van der Waals surface area contributed by atoms with Gasteiger partial charge in [0.25, 0.3) is 0 Å². The Hall–Kier alpha value is -0.660. The first-order valence-corrected chi connectivity index (χ1v) is 3.27. The van der Waals surface area contributed by atoms with Crippen molar-refractivity contribution in [3.05, 3.63) is 0 Å². The molecule has 0 spiro atoms. The highest BCUT2D eigenvalue weighted by atomic mass is 15.0. The summed E-state index contributed by atoms with van der Waals surface area (Å²) in [6, 6.07) is 0. The van der Waals surface area contributed by atoms with Gasteiger partial charge >= 0.3 is 0 Å². The Morgan fingerprint density at radius 3 is 2.44 bits per heavy atom. The largest absolute Gasteiger partial charge is 0.264 e. The van der Waals surface area contributed by atoms with Crippen LogP contribution in [0, 0.1) is 5.92 Å². The van der Waals surface area contributed by atoms with E-state index in [-0.39, 0.29) is 6.17 Å². The van der Waals surface area contributed by atoms with Gasteiger partial charge in [-0.2, -0.15) is 0 Å². The van der Waals surface area contributed by atoms with E-state index in [1.807, 2.05) is 13.1 Å². The number of hydrogen-bond donors (Lipinski definition) is 0. The summed E-state index contributed by atoms with van der Waals surface area (Å²) in [7, 11) is 0. The molecule has 2 heteroatoms. The van der Waals surface area contributed by atoms with Crippen molar-refractivity contribution in [1.29, 1.82) is 0 Å². The van der Waals surface area contributed by atoms with Crippen molar-refractivity contribution in [1.82, 2.24) is 0 Å². The summed E-state index contributed by atoms with van der Waals surface area (Å²) in [6.45, 7) is 6.24. The highest BCUT2D eigenvalue weighted by Crippen LogP contribution is 2.10. The van der Waals surface area contributed by atoms with Crippen LogP contribution in [0.25, 0.3) is 0 Å². The Morgan fingerprint density at radius 1 is 1.56 bits per heavy atom. The zero-order valence-electron chi connectivity index (χ0n) is 6.13. The topological polar surface area (TPSA) is 24.7 Å². The molecule has 0 aliphatic carbocycles. The van der Waals surface area contributed by atoms with E-state index < -0.39 is 0 Å². The first-order chi connectivity index (χ1) is 4.20. The smallest absolute Gasteiger partial charge is 0.142 e. The van der Waals surface area contributed by atoms with Crippen molar-refractivity contribution < 1.29 is 0 Å². The Labute approximate surface area is 55.7 Å². The molecule has 1 atom stereocenters. The van der Waals surface area contributed by atoms with E-state index >= 15 is 0 Å². The highest BCUT2D eigenvalue weighted by molar-refractivity contribution is 6.30. The van der Waals surface area contributed by atoms with E-state index in [1.165, 1.54) is 0 Å². The monoisotopic (exact) mass is 124 g/mol. The lowest BCUT2D eigenvalue weighted by atomic mass is 10.2. The number of nitrogens with zero attached hydrogens (tertiary/aromatic N) is 2. The third-order valence-corrected chi connectivity index (χ3v) is 1.35. The van der Waals surface area contributed by atoms with Crippen LogP contribution < -0.4 is 0 Å². The van der Waals surface area contributed by atoms with Gasteiger partial charge in [-0.15, -0.1) is 0 Å². The van der Waals surface area contributed by atoms with Gasteiger partial charge in [0.15, 0.2) is 0 Å². The molecule has 0 N–H and O–H groups in total. The van der Waals surface area contributed by atoms with Gasteiger partial charge in [0.2, 0.25) is 0 Å². The molecule has 0 saturated heterocycles. The van der Waals surface area contributed by atoms with Crippen molar-refractivity contribution in [3.63, 3.8) is 0 Å². The van der Waals surface area contributed by atoms with Gasteiger partial charge in [-0.05, 0) is 12.8 Å². The molecule has 1 aliphatic heterocycles. The maximum absolute atomic E-state index is 4.28. The molecular weight excluding hydrogens is 112 g/mol. The van der Waals surface area contributed by atoms with Crippen LogP contribution in [0.15, 0.2) is 9.98 Å². The van der Waals surface area contributed by atoms with Gasteiger partial charge in [0, 0.05) is 6.21 Å². The minimum Gasteiger partial charge on any atom is -0.264 e. The van der Waals surface area contributed by atoms with Gasteiger partial charge < -0.3 is 0 Å². The fourth-order valence-electron chi connectivity index (χ4n) is 0.781. The summed E-state index contributed by atoms with van der Waals surface area (Å²) in [5.74, 6) is 0.540. The van der Waals surface area contributed by atoms with E-state index in [4.69, 9.17) is 0 Å². The second-order valence-electron chi connectivity index (χ2n) is 2.71. The fraction of sp³-hybridized carbons (Fsp3) is 0.714. The lowest BCUT2D eigenvalue weighted by Gasteiger charge is -2.05. The first-order valence-electron chi connectivity index (χ1n) is 3.27. The summed E-state index contributed by atoms with van der Waals surface area (Å²) in [5.41, 5.74) is 1.05. The quantitative estimate of drug-likeness (QED) is 0.506. The lowest BCUT2D eigenvalue weighted by Crippen LogP contribution is -2.06. The zero-order chi connectivity index (χ0) is 6.85. The van der Waals surface area contributed by atoms with E-state index in [0.29, 0.717) is 5.92 Å². The molecule has 2 nitrogen and oxygen atoms in total. The van der Waals surface area contributed by atoms with Gasteiger partial charge in [-0.3, -0.25) is 9.98 Å².